The van der Waals surface area contributed by atoms with Gasteiger partial charge in [0.2, 0.25) is 0 Å². The molecular formula is C10H11N3S. The molecule has 1 N–H and O–H groups in total. The summed E-state index contributed by atoms with van der Waals surface area (Å²) in [4.78, 5) is 4.22. The average molecular weight is 205 g/mol. The Kier molecular flexibility index (Phi) is 2.74. The van der Waals surface area contributed by atoms with Gasteiger partial charge in [-0.2, -0.15) is 4.37 Å². The maximum Gasteiger partial charge on any atom is 0.109 e. The van der Waals surface area contributed by atoms with Gasteiger partial charge in [0.1, 0.15) is 5.00 Å². The Hall–Kier alpha value is -1.42. The van der Waals surface area contributed by atoms with Gasteiger partial charge in [-0.3, -0.25) is 4.98 Å². The molecule has 0 spiro atoms. The highest BCUT2D eigenvalue weighted by atomic mass is 32.1. The lowest BCUT2D eigenvalue weighted by molar-refractivity contribution is 1.05. The van der Waals surface area contributed by atoms with Gasteiger partial charge in [-0.25, -0.2) is 0 Å². The van der Waals surface area contributed by atoms with E-state index in [2.05, 4.69) is 14.7 Å². The molecule has 2 aromatic rings. The molecule has 0 radical (unpaired) electrons. The van der Waals surface area contributed by atoms with Crippen LogP contribution in [-0.2, 0) is 6.54 Å². The summed E-state index contributed by atoms with van der Waals surface area (Å²) < 4.78 is 4.19. The zero-order chi connectivity index (χ0) is 9.80. The van der Waals surface area contributed by atoms with Crippen LogP contribution in [0.25, 0.3) is 0 Å². The second-order valence-corrected chi connectivity index (χ2v) is 3.81. The largest absolute Gasteiger partial charge is 0.370 e. The van der Waals surface area contributed by atoms with Gasteiger partial charge in [0.25, 0.3) is 0 Å². The highest BCUT2D eigenvalue weighted by Crippen LogP contribution is 2.15. The van der Waals surface area contributed by atoms with Crippen LogP contribution in [-0.4, -0.2) is 9.36 Å². The van der Waals surface area contributed by atoms with Crippen molar-refractivity contribution in [2.24, 2.45) is 0 Å². The van der Waals surface area contributed by atoms with Gasteiger partial charge in [0.15, 0.2) is 0 Å². The average Bonchev–Trinajstić information content (AvgIpc) is 2.63. The third-order valence-electron chi connectivity index (χ3n) is 1.80. The fourth-order valence-electron chi connectivity index (χ4n) is 1.13. The molecule has 2 aromatic heterocycles. The molecule has 0 aliphatic heterocycles. The lowest BCUT2D eigenvalue weighted by Gasteiger charge is -2.00. The third kappa shape index (κ3) is 2.29. The number of aromatic nitrogens is 2. The van der Waals surface area contributed by atoms with Crippen LogP contribution in [0.5, 0.6) is 0 Å². The van der Waals surface area contributed by atoms with Crippen molar-refractivity contribution >= 4 is 16.5 Å². The SMILES string of the molecule is Cc1cc(NCc2ccccn2)sn1. The minimum absolute atomic E-state index is 0.752. The molecule has 2 rings (SSSR count). The summed E-state index contributed by atoms with van der Waals surface area (Å²) in [5.74, 6) is 0. The van der Waals surface area contributed by atoms with Crippen LogP contribution in [0.3, 0.4) is 0 Å². The first-order valence-corrected chi connectivity index (χ1v) is 5.19. The molecule has 0 aromatic carbocycles. The fraction of sp³-hybridized carbons (Fsp3) is 0.200. The first-order valence-electron chi connectivity index (χ1n) is 4.42. The van der Waals surface area contributed by atoms with E-state index in [9.17, 15) is 0 Å². The van der Waals surface area contributed by atoms with Gasteiger partial charge in [0.05, 0.1) is 17.9 Å². The van der Waals surface area contributed by atoms with Gasteiger partial charge in [-0.05, 0) is 36.7 Å². The first kappa shape index (κ1) is 9.15. The molecule has 0 saturated carbocycles. The summed E-state index contributed by atoms with van der Waals surface area (Å²) in [6.45, 7) is 2.74. The standard InChI is InChI=1S/C10H11N3S/c1-8-6-10(14-13-8)12-7-9-4-2-3-5-11-9/h2-6,12H,7H2,1H3. The van der Waals surface area contributed by atoms with Crippen molar-refractivity contribution in [2.75, 3.05) is 5.32 Å². The predicted molar refractivity (Wildman–Crippen MR) is 58.4 cm³/mol. The monoisotopic (exact) mass is 205 g/mol. The van der Waals surface area contributed by atoms with E-state index >= 15 is 0 Å². The Morgan fingerprint density at radius 2 is 2.36 bits per heavy atom. The molecule has 0 amide bonds. The quantitative estimate of drug-likeness (QED) is 0.836. The van der Waals surface area contributed by atoms with E-state index in [4.69, 9.17) is 0 Å². The number of hydrogen-bond acceptors (Lipinski definition) is 4. The second-order valence-electron chi connectivity index (χ2n) is 3.01. The molecule has 0 unspecified atom stereocenters. The summed E-state index contributed by atoms with van der Waals surface area (Å²) in [5, 5.41) is 4.37. The van der Waals surface area contributed by atoms with E-state index in [1.807, 2.05) is 31.2 Å². The van der Waals surface area contributed by atoms with Crippen LogP contribution in [0, 0.1) is 6.92 Å². The van der Waals surface area contributed by atoms with Crippen molar-refractivity contribution < 1.29 is 0 Å². The molecule has 2 heterocycles. The van der Waals surface area contributed by atoms with E-state index in [0.717, 1.165) is 22.9 Å². The fourth-order valence-corrected chi connectivity index (χ4v) is 1.78. The minimum atomic E-state index is 0.752. The van der Waals surface area contributed by atoms with E-state index < -0.39 is 0 Å². The topological polar surface area (TPSA) is 37.8 Å². The van der Waals surface area contributed by atoms with Gasteiger partial charge in [0, 0.05) is 6.20 Å². The highest BCUT2D eigenvalue weighted by molar-refractivity contribution is 7.10. The number of nitrogens with one attached hydrogen (secondary N) is 1. The van der Waals surface area contributed by atoms with Crippen LogP contribution in [0.1, 0.15) is 11.4 Å². The molecule has 0 aliphatic rings. The zero-order valence-corrected chi connectivity index (χ0v) is 8.71. The van der Waals surface area contributed by atoms with Gasteiger partial charge in [-0.15, -0.1) is 0 Å². The Bertz CT molecular complexity index is 397. The highest BCUT2D eigenvalue weighted by Gasteiger charge is 1.97. The van der Waals surface area contributed by atoms with E-state index in [1.54, 1.807) is 6.20 Å². The Morgan fingerprint density at radius 3 is 3.00 bits per heavy atom. The normalized spacial score (nSPS) is 10.1. The number of aryl methyl sites for hydroxylation is 1. The molecule has 0 fully saturated rings. The molecule has 0 atom stereocenters. The second kappa shape index (κ2) is 4.19. The van der Waals surface area contributed by atoms with Gasteiger partial charge >= 0.3 is 0 Å². The molecule has 0 saturated heterocycles. The summed E-state index contributed by atoms with van der Waals surface area (Å²) in [5.41, 5.74) is 2.09. The van der Waals surface area contributed by atoms with Gasteiger partial charge < -0.3 is 5.32 Å². The van der Waals surface area contributed by atoms with Crippen LogP contribution in [0.2, 0.25) is 0 Å². The smallest absolute Gasteiger partial charge is 0.109 e. The van der Waals surface area contributed by atoms with Crippen LogP contribution in [0.15, 0.2) is 30.5 Å². The third-order valence-corrected chi connectivity index (χ3v) is 2.64. The van der Waals surface area contributed by atoms with Crippen LogP contribution < -0.4 is 5.32 Å². The lowest BCUT2D eigenvalue weighted by Crippen LogP contribution is -1.99. The maximum absolute atomic E-state index is 4.22. The van der Waals surface area contributed by atoms with Crippen molar-refractivity contribution in [3.05, 3.63) is 41.9 Å². The Labute approximate surface area is 87.0 Å². The minimum Gasteiger partial charge on any atom is -0.370 e. The number of nitrogens with zero attached hydrogens (tertiary/aromatic N) is 2. The van der Waals surface area contributed by atoms with Crippen molar-refractivity contribution in [1.29, 1.82) is 0 Å². The van der Waals surface area contributed by atoms with Crippen LogP contribution in [0.4, 0.5) is 5.00 Å². The lowest BCUT2D eigenvalue weighted by atomic mass is 10.3. The molecular weight excluding hydrogens is 194 g/mol. The van der Waals surface area contributed by atoms with Crippen molar-refractivity contribution in [1.82, 2.24) is 9.36 Å². The molecule has 14 heavy (non-hydrogen) atoms. The Morgan fingerprint density at radius 1 is 1.43 bits per heavy atom. The number of pyridine rings is 1. The van der Waals surface area contributed by atoms with E-state index in [1.165, 1.54) is 11.5 Å². The first-order chi connectivity index (χ1) is 6.84. The summed E-state index contributed by atoms with van der Waals surface area (Å²) in [6, 6.07) is 7.94. The maximum atomic E-state index is 4.22. The van der Waals surface area contributed by atoms with E-state index in [-0.39, 0.29) is 0 Å². The zero-order valence-electron chi connectivity index (χ0n) is 7.90. The molecule has 0 aliphatic carbocycles. The molecule has 4 heteroatoms. The molecule has 0 bridgehead atoms. The van der Waals surface area contributed by atoms with Gasteiger partial charge in [-0.1, -0.05) is 6.07 Å². The summed E-state index contributed by atoms with van der Waals surface area (Å²) in [7, 11) is 0. The molecule has 72 valence electrons. The van der Waals surface area contributed by atoms with E-state index in [0.29, 0.717) is 0 Å². The predicted octanol–water partition coefficient (Wildman–Crippen LogP) is 2.46. The summed E-state index contributed by atoms with van der Waals surface area (Å²) >= 11 is 1.48. The number of rotatable bonds is 3. The van der Waals surface area contributed by atoms with Crippen molar-refractivity contribution in [3.8, 4) is 0 Å². The van der Waals surface area contributed by atoms with Crippen molar-refractivity contribution in [3.63, 3.8) is 0 Å². The van der Waals surface area contributed by atoms with Crippen LogP contribution >= 0.6 is 11.5 Å². The Balaban J connectivity index is 1.95. The molecule has 3 nitrogen and oxygen atoms in total. The number of hydrogen-bond donors (Lipinski definition) is 1. The number of anilines is 1. The summed E-state index contributed by atoms with van der Waals surface area (Å²) in [6.07, 6.45) is 1.80. The van der Waals surface area contributed by atoms with Crippen molar-refractivity contribution in [2.45, 2.75) is 13.5 Å².